The molecule has 0 bridgehead atoms. The molecule has 1 fully saturated rings. The highest BCUT2D eigenvalue weighted by Gasteiger charge is 2.26. The van der Waals surface area contributed by atoms with Gasteiger partial charge in [-0.05, 0) is 26.7 Å². The maximum atomic E-state index is 9.22. The van der Waals surface area contributed by atoms with Crippen molar-refractivity contribution in [2.75, 3.05) is 18.1 Å². The molecule has 0 radical (unpaired) electrons. The van der Waals surface area contributed by atoms with Crippen LogP contribution in [-0.2, 0) is 0 Å². The summed E-state index contributed by atoms with van der Waals surface area (Å²) in [4.78, 5) is 14.8. The van der Waals surface area contributed by atoms with Crippen LogP contribution in [0.2, 0.25) is 0 Å². The molecule has 0 spiro atoms. The summed E-state index contributed by atoms with van der Waals surface area (Å²) in [5.74, 6) is 2.18. The van der Waals surface area contributed by atoms with Gasteiger partial charge in [0.05, 0.1) is 12.6 Å². The number of rotatable bonds is 2. The second-order valence-corrected chi connectivity index (χ2v) is 3.90. The molecule has 2 heterocycles. The first kappa shape index (κ1) is 10.3. The fourth-order valence-corrected chi connectivity index (χ4v) is 2.02. The first-order valence-electron chi connectivity index (χ1n) is 5.27. The first-order valence-corrected chi connectivity index (χ1v) is 5.27. The number of nitrogens with zero attached hydrogens (tertiary/aromatic N) is 4. The monoisotopic (exact) mass is 208 g/mol. The van der Waals surface area contributed by atoms with E-state index in [0.717, 1.165) is 31.0 Å². The summed E-state index contributed by atoms with van der Waals surface area (Å²) < 4.78 is 0. The van der Waals surface area contributed by atoms with Crippen LogP contribution in [0.4, 0.5) is 5.95 Å². The Morgan fingerprint density at radius 1 is 1.27 bits per heavy atom. The summed E-state index contributed by atoms with van der Waals surface area (Å²) in [6.45, 7) is 4.82. The number of aryl methyl sites for hydroxylation is 2. The third-order valence-corrected chi connectivity index (χ3v) is 2.69. The summed E-state index contributed by atoms with van der Waals surface area (Å²) in [6, 6.07) is 0.172. The van der Waals surface area contributed by atoms with Gasteiger partial charge in [0.15, 0.2) is 0 Å². The van der Waals surface area contributed by atoms with Crippen molar-refractivity contribution in [3.05, 3.63) is 11.6 Å². The maximum absolute atomic E-state index is 9.22. The zero-order valence-electron chi connectivity index (χ0n) is 9.14. The molecule has 1 aromatic heterocycles. The molecule has 1 unspecified atom stereocenters. The molecule has 2 rings (SSSR count). The van der Waals surface area contributed by atoms with Gasteiger partial charge in [-0.2, -0.15) is 9.97 Å². The lowest BCUT2D eigenvalue weighted by molar-refractivity contribution is 0.265. The third-order valence-electron chi connectivity index (χ3n) is 2.69. The van der Waals surface area contributed by atoms with Crippen molar-refractivity contribution in [2.24, 2.45) is 0 Å². The van der Waals surface area contributed by atoms with Crippen LogP contribution in [0.1, 0.15) is 24.5 Å². The lowest BCUT2D eigenvalue weighted by Gasteiger charge is -2.22. The zero-order chi connectivity index (χ0) is 10.8. The minimum absolute atomic E-state index is 0.170. The smallest absolute Gasteiger partial charge is 0.229 e. The van der Waals surface area contributed by atoms with E-state index in [0.29, 0.717) is 5.95 Å². The molecule has 0 saturated carbocycles. The number of hydrogen-bond acceptors (Lipinski definition) is 5. The second-order valence-electron chi connectivity index (χ2n) is 3.90. The molecule has 0 aromatic carbocycles. The Morgan fingerprint density at radius 3 is 2.53 bits per heavy atom. The van der Waals surface area contributed by atoms with Crippen molar-refractivity contribution in [1.82, 2.24) is 15.0 Å². The molecule has 1 saturated heterocycles. The summed E-state index contributed by atoms with van der Waals surface area (Å²) in [7, 11) is 0. The number of aliphatic hydroxyl groups excluding tert-OH is 1. The third kappa shape index (κ3) is 2.07. The van der Waals surface area contributed by atoms with Gasteiger partial charge in [-0.25, -0.2) is 4.98 Å². The van der Waals surface area contributed by atoms with Gasteiger partial charge in [-0.3, -0.25) is 0 Å². The van der Waals surface area contributed by atoms with Crippen LogP contribution in [0.25, 0.3) is 0 Å². The van der Waals surface area contributed by atoms with E-state index in [2.05, 4.69) is 19.9 Å². The van der Waals surface area contributed by atoms with Crippen molar-refractivity contribution >= 4 is 5.95 Å². The molecule has 1 aromatic rings. The Kier molecular flexibility index (Phi) is 2.81. The van der Waals surface area contributed by atoms with E-state index in [4.69, 9.17) is 0 Å². The average molecular weight is 208 g/mol. The van der Waals surface area contributed by atoms with Crippen molar-refractivity contribution in [1.29, 1.82) is 0 Å². The summed E-state index contributed by atoms with van der Waals surface area (Å²) in [6.07, 6.45) is 2.11. The van der Waals surface area contributed by atoms with Gasteiger partial charge in [-0.15, -0.1) is 0 Å². The maximum Gasteiger partial charge on any atom is 0.229 e. The molecular weight excluding hydrogens is 192 g/mol. The van der Waals surface area contributed by atoms with E-state index < -0.39 is 0 Å². The van der Waals surface area contributed by atoms with Gasteiger partial charge in [0.1, 0.15) is 11.6 Å². The van der Waals surface area contributed by atoms with E-state index in [-0.39, 0.29) is 12.6 Å². The Hall–Kier alpha value is -1.23. The molecule has 0 aliphatic carbocycles. The summed E-state index contributed by atoms with van der Waals surface area (Å²) >= 11 is 0. The topological polar surface area (TPSA) is 62.1 Å². The van der Waals surface area contributed by atoms with Crippen LogP contribution < -0.4 is 4.90 Å². The van der Waals surface area contributed by atoms with Crippen molar-refractivity contribution in [3.8, 4) is 0 Å². The second kappa shape index (κ2) is 4.10. The van der Waals surface area contributed by atoms with Crippen molar-refractivity contribution in [3.63, 3.8) is 0 Å². The molecule has 15 heavy (non-hydrogen) atoms. The lowest BCUT2D eigenvalue weighted by atomic mass is 10.2. The van der Waals surface area contributed by atoms with Gasteiger partial charge >= 0.3 is 0 Å². The molecule has 1 N–H and O–H groups in total. The van der Waals surface area contributed by atoms with Gasteiger partial charge in [-0.1, -0.05) is 0 Å². The molecule has 0 amide bonds. The normalized spacial score (nSPS) is 21.0. The van der Waals surface area contributed by atoms with Gasteiger partial charge in [0, 0.05) is 6.54 Å². The highest BCUT2D eigenvalue weighted by Crippen LogP contribution is 2.21. The van der Waals surface area contributed by atoms with Crippen LogP contribution in [0.15, 0.2) is 0 Å². The van der Waals surface area contributed by atoms with E-state index in [1.54, 1.807) is 0 Å². The van der Waals surface area contributed by atoms with Crippen molar-refractivity contribution in [2.45, 2.75) is 32.7 Å². The minimum Gasteiger partial charge on any atom is -0.394 e. The van der Waals surface area contributed by atoms with E-state index in [1.807, 2.05) is 13.8 Å². The Labute approximate surface area is 89.2 Å². The quantitative estimate of drug-likeness (QED) is 0.764. The molecule has 82 valence electrons. The van der Waals surface area contributed by atoms with E-state index in [9.17, 15) is 5.11 Å². The van der Waals surface area contributed by atoms with Gasteiger partial charge < -0.3 is 10.0 Å². The Bertz CT molecular complexity index is 335. The number of anilines is 1. The minimum atomic E-state index is 0.170. The highest BCUT2D eigenvalue weighted by molar-refractivity contribution is 5.33. The lowest BCUT2D eigenvalue weighted by Crippen LogP contribution is -2.33. The predicted molar refractivity (Wildman–Crippen MR) is 56.8 cm³/mol. The van der Waals surface area contributed by atoms with Gasteiger partial charge in [0.2, 0.25) is 5.95 Å². The molecule has 5 heteroatoms. The van der Waals surface area contributed by atoms with E-state index >= 15 is 0 Å². The number of hydrogen-bond donors (Lipinski definition) is 1. The molecular formula is C10H16N4O. The fraction of sp³-hybridized carbons (Fsp3) is 0.700. The Balaban J connectivity index is 2.28. The van der Waals surface area contributed by atoms with Crippen LogP contribution in [0.5, 0.6) is 0 Å². The largest absolute Gasteiger partial charge is 0.394 e. The van der Waals surface area contributed by atoms with Gasteiger partial charge in [0.25, 0.3) is 0 Å². The summed E-state index contributed by atoms with van der Waals surface area (Å²) in [5, 5.41) is 9.22. The van der Waals surface area contributed by atoms with Crippen LogP contribution >= 0.6 is 0 Å². The van der Waals surface area contributed by atoms with Crippen LogP contribution in [0.3, 0.4) is 0 Å². The molecule has 1 aliphatic rings. The van der Waals surface area contributed by atoms with Crippen LogP contribution in [-0.4, -0.2) is 39.3 Å². The number of aliphatic hydroxyl groups is 1. The fourth-order valence-electron chi connectivity index (χ4n) is 2.02. The predicted octanol–water partition coefficient (Wildman–Crippen LogP) is 0.450. The van der Waals surface area contributed by atoms with Crippen LogP contribution in [0, 0.1) is 13.8 Å². The molecule has 1 aliphatic heterocycles. The molecule has 1 atom stereocenters. The first-order chi connectivity index (χ1) is 7.20. The summed E-state index contributed by atoms with van der Waals surface area (Å²) in [5.41, 5.74) is 0. The van der Waals surface area contributed by atoms with Crippen molar-refractivity contribution < 1.29 is 5.11 Å². The Morgan fingerprint density at radius 2 is 1.93 bits per heavy atom. The number of aromatic nitrogens is 3. The SMILES string of the molecule is Cc1nc(C)nc(N2CCCC2CO)n1. The highest BCUT2D eigenvalue weighted by atomic mass is 16.3. The zero-order valence-corrected chi connectivity index (χ0v) is 9.14. The standard InChI is InChI=1S/C10H16N4O/c1-7-11-8(2)13-10(12-7)14-5-3-4-9(14)6-15/h9,15H,3-6H2,1-2H3. The average Bonchev–Trinajstić information content (AvgIpc) is 2.63. The molecule has 5 nitrogen and oxygen atoms in total. The van der Waals surface area contributed by atoms with E-state index in [1.165, 1.54) is 0 Å².